The number of nitriles is 1. The predicted molar refractivity (Wildman–Crippen MR) is 80.4 cm³/mol. The Morgan fingerprint density at radius 1 is 1.32 bits per heavy atom. The Labute approximate surface area is 126 Å². The predicted octanol–water partition coefficient (Wildman–Crippen LogP) is 1.83. The van der Waals surface area contributed by atoms with E-state index in [9.17, 15) is 9.59 Å². The van der Waals surface area contributed by atoms with Crippen molar-refractivity contribution in [2.24, 2.45) is 0 Å². The molecule has 0 saturated heterocycles. The van der Waals surface area contributed by atoms with Crippen LogP contribution >= 0.6 is 0 Å². The van der Waals surface area contributed by atoms with Gasteiger partial charge in [-0.3, -0.25) is 4.79 Å². The van der Waals surface area contributed by atoms with Crippen LogP contribution in [0.4, 0.5) is 0 Å². The summed E-state index contributed by atoms with van der Waals surface area (Å²) in [6.45, 7) is 0. The molecular formula is C16H13N3O3. The number of carboxylic acids is 1. The van der Waals surface area contributed by atoms with E-state index in [1.807, 2.05) is 6.07 Å². The number of hydrogen-bond donors (Lipinski definition) is 2. The number of hydrogen-bond acceptors (Lipinski definition) is 3. The molecule has 2 N–H and O–H groups in total. The summed E-state index contributed by atoms with van der Waals surface area (Å²) in [6, 6.07) is 11.7. The monoisotopic (exact) mass is 295 g/mol. The molecule has 6 nitrogen and oxygen atoms in total. The molecule has 0 radical (unpaired) electrons. The lowest BCUT2D eigenvalue weighted by atomic mass is 10.2. The first-order valence-corrected chi connectivity index (χ1v) is 6.41. The van der Waals surface area contributed by atoms with Crippen LogP contribution in [0.25, 0.3) is 11.8 Å². The smallest absolute Gasteiger partial charge is 0.335 e. The molecule has 0 aliphatic heterocycles. The van der Waals surface area contributed by atoms with E-state index >= 15 is 0 Å². The molecule has 6 heteroatoms. The van der Waals surface area contributed by atoms with Gasteiger partial charge in [0.25, 0.3) is 5.91 Å². The number of likely N-dealkylation sites (N-methyl/N-ethyl adjacent to an activating group) is 1. The Kier molecular flexibility index (Phi) is 4.39. The van der Waals surface area contributed by atoms with Crippen molar-refractivity contribution in [3.63, 3.8) is 0 Å². The van der Waals surface area contributed by atoms with Crippen molar-refractivity contribution in [2.45, 2.75) is 0 Å². The second kappa shape index (κ2) is 6.41. The Morgan fingerprint density at radius 3 is 2.73 bits per heavy atom. The molecule has 0 spiro atoms. The van der Waals surface area contributed by atoms with Gasteiger partial charge in [-0.15, -0.1) is 0 Å². The highest BCUT2D eigenvalue weighted by Gasteiger charge is 2.10. The number of benzene rings is 1. The maximum atomic E-state index is 11.6. The normalized spacial score (nSPS) is 10.8. The maximum absolute atomic E-state index is 11.6. The van der Waals surface area contributed by atoms with Crippen LogP contribution in [0.3, 0.4) is 0 Å². The van der Waals surface area contributed by atoms with Gasteiger partial charge < -0.3 is 15.0 Å². The number of rotatable bonds is 4. The number of aromatic nitrogens is 1. The molecule has 0 fully saturated rings. The molecule has 2 aromatic rings. The lowest BCUT2D eigenvalue weighted by Gasteiger charge is -2.08. The summed E-state index contributed by atoms with van der Waals surface area (Å²) < 4.78 is 1.70. The lowest BCUT2D eigenvalue weighted by Crippen LogP contribution is -2.19. The zero-order valence-corrected chi connectivity index (χ0v) is 11.8. The van der Waals surface area contributed by atoms with Gasteiger partial charge in [0, 0.05) is 24.6 Å². The standard InChI is InChI=1S/C16H13N3O3/c1-18-15(20)12(10-17)9-14-6-3-7-19(14)13-5-2-4-11(8-13)16(21)22/h2-9H,1H3,(H,18,20)(H,21,22)/b12-9-. The second-order valence-corrected chi connectivity index (χ2v) is 4.41. The van der Waals surface area contributed by atoms with Crippen LogP contribution in [0.2, 0.25) is 0 Å². The van der Waals surface area contributed by atoms with Gasteiger partial charge in [0.1, 0.15) is 11.6 Å². The fourth-order valence-electron chi connectivity index (χ4n) is 1.97. The Morgan fingerprint density at radius 2 is 2.09 bits per heavy atom. The van der Waals surface area contributed by atoms with Crippen molar-refractivity contribution < 1.29 is 14.7 Å². The van der Waals surface area contributed by atoms with Crippen molar-refractivity contribution in [3.05, 3.63) is 59.4 Å². The molecule has 0 bridgehead atoms. The van der Waals surface area contributed by atoms with Gasteiger partial charge in [-0.2, -0.15) is 5.26 Å². The summed E-state index contributed by atoms with van der Waals surface area (Å²) in [7, 11) is 1.45. The van der Waals surface area contributed by atoms with E-state index in [1.165, 1.54) is 25.3 Å². The van der Waals surface area contributed by atoms with E-state index in [1.54, 1.807) is 35.0 Å². The molecule has 2 rings (SSSR count). The zero-order valence-electron chi connectivity index (χ0n) is 11.8. The number of aromatic carboxylic acids is 1. The van der Waals surface area contributed by atoms with Gasteiger partial charge >= 0.3 is 5.97 Å². The van der Waals surface area contributed by atoms with Crippen LogP contribution in [0.5, 0.6) is 0 Å². The van der Waals surface area contributed by atoms with E-state index in [2.05, 4.69) is 5.32 Å². The summed E-state index contributed by atoms with van der Waals surface area (Å²) in [5.74, 6) is -1.50. The first-order chi connectivity index (χ1) is 10.6. The molecule has 0 saturated carbocycles. The molecule has 1 heterocycles. The average Bonchev–Trinajstić information content (AvgIpc) is 3.00. The number of carboxylic acid groups (broad SMARTS) is 1. The number of carbonyl (C=O) groups is 2. The van der Waals surface area contributed by atoms with Gasteiger partial charge in [-0.25, -0.2) is 4.79 Å². The van der Waals surface area contributed by atoms with Crippen LogP contribution < -0.4 is 5.32 Å². The van der Waals surface area contributed by atoms with Crippen molar-refractivity contribution >= 4 is 18.0 Å². The molecule has 22 heavy (non-hydrogen) atoms. The molecule has 1 aromatic heterocycles. The average molecular weight is 295 g/mol. The van der Waals surface area contributed by atoms with E-state index in [-0.39, 0.29) is 11.1 Å². The number of amides is 1. The Balaban J connectivity index is 2.49. The minimum atomic E-state index is -1.02. The van der Waals surface area contributed by atoms with Gasteiger partial charge in [-0.1, -0.05) is 6.07 Å². The fourth-order valence-corrected chi connectivity index (χ4v) is 1.97. The topological polar surface area (TPSA) is 95.1 Å². The molecule has 0 atom stereocenters. The van der Waals surface area contributed by atoms with Crippen molar-refractivity contribution in [1.82, 2.24) is 9.88 Å². The third-order valence-corrected chi connectivity index (χ3v) is 3.04. The van der Waals surface area contributed by atoms with E-state index in [0.717, 1.165) is 0 Å². The largest absolute Gasteiger partial charge is 0.478 e. The van der Waals surface area contributed by atoms with Crippen molar-refractivity contribution in [2.75, 3.05) is 7.05 Å². The molecule has 1 aromatic carbocycles. The lowest BCUT2D eigenvalue weighted by molar-refractivity contribution is -0.116. The van der Waals surface area contributed by atoms with Gasteiger partial charge in [-0.05, 0) is 36.4 Å². The first kappa shape index (κ1) is 15.1. The highest BCUT2D eigenvalue weighted by Crippen LogP contribution is 2.17. The molecule has 0 aliphatic rings. The van der Waals surface area contributed by atoms with E-state index < -0.39 is 11.9 Å². The van der Waals surface area contributed by atoms with E-state index in [0.29, 0.717) is 11.4 Å². The highest BCUT2D eigenvalue weighted by atomic mass is 16.4. The van der Waals surface area contributed by atoms with E-state index in [4.69, 9.17) is 10.4 Å². The van der Waals surface area contributed by atoms with Gasteiger partial charge in [0.2, 0.25) is 0 Å². The van der Waals surface area contributed by atoms with Crippen LogP contribution in [-0.4, -0.2) is 28.6 Å². The number of carbonyl (C=O) groups excluding carboxylic acids is 1. The summed E-state index contributed by atoms with van der Waals surface area (Å²) in [5.41, 5.74) is 1.36. The van der Waals surface area contributed by atoms with Gasteiger partial charge in [0.15, 0.2) is 0 Å². The summed E-state index contributed by atoms with van der Waals surface area (Å²) in [5, 5.41) is 20.5. The molecule has 1 amide bonds. The highest BCUT2D eigenvalue weighted by molar-refractivity contribution is 6.01. The van der Waals surface area contributed by atoms with Gasteiger partial charge in [0.05, 0.1) is 5.56 Å². The second-order valence-electron chi connectivity index (χ2n) is 4.41. The summed E-state index contributed by atoms with van der Waals surface area (Å²) in [6.07, 6.45) is 3.18. The number of nitrogens with one attached hydrogen (secondary N) is 1. The fraction of sp³-hybridized carbons (Fsp3) is 0.0625. The minimum absolute atomic E-state index is 0.0307. The third kappa shape index (κ3) is 3.04. The Bertz CT molecular complexity index is 797. The minimum Gasteiger partial charge on any atom is -0.478 e. The van der Waals surface area contributed by atoms with Crippen LogP contribution in [0.15, 0.2) is 48.2 Å². The summed E-state index contributed by atoms with van der Waals surface area (Å²) in [4.78, 5) is 22.6. The molecular weight excluding hydrogens is 282 g/mol. The van der Waals surface area contributed by atoms with Crippen molar-refractivity contribution in [3.8, 4) is 11.8 Å². The zero-order chi connectivity index (χ0) is 16.1. The quantitative estimate of drug-likeness (QED) is 0.664. The SMILES string of the molecule is CNC(=O)/C(C#N)=C\c1cccn1-c1cccc(C(=O)O)c1. The van der Waals surface area contributed by atoms with Crippen LogP contribution in [0.1, 0.15) is 16.1 Å². The maximum Gasteiger partial charge on any atom is 0.335 e. The third-order valence-electron chi connectivity index (χ3n) is 3.04. The molecule has 0 aliphatic carbocycles. The summed E-state index contributed by atoms with van der Waals surface area (Å²) >= 11 is 0. The molecule has 110 valence electrons. The first-order valence-electron chi connectivity index (χ1n) is 6.41. The Hall–Kier alpha value is -3.33. The van der Waals surface area contributed by atoms with Crippen LogP contribution in [0, 0.1) is 11.3 Å². The number of nitrogens with zero attached hydrogens (tertiary/aromatic N) is 2. The molecule has 0 unspecified atom stereocenters. The van der Waals surface area contributed by atoms with Crippen molar-refractivity contribution in [1.29, 1.82) is 5.26 Å². The van der Waals surface area contributed by atoms with Crippen LogP contribution in [-0.2, 0) is 4.79 Å².